The summed E-state index contributed by atoms with van der Waals surface area (Å²) < 4.78 is 18.3. The molecule has 0 unspecified atom stereocenters. The minimum absolute atomic E-state index is 0.253. The number of nitrogens with zero attached hydrogens (tertiary/aromatic N) is 1. The maximum atomic E-state index is 12.8. The molecule has 6 nitrogen and oxygen atoms in total. The van der Waals surface area contributed by atoms with E-state index in [2.05, 4.69) is 5.32 Å². The van der Waals surface area contributed by atoms with Gasteiger partial charge in [-0.15, -0.1) is 0 Å². The van der Waals surface area contributed by atoms with E-state index in [1.807, 2.05) is 0 Å². The van der Waals surface area contributed by atoms with Gasteiger partial charge in [-0.2, -0.15) is 0 Å². The molecule has 3 amide bonds. The van der Waals surface area contributed by atoms with E-state index < -0.39 is 5.91 Å². The molecule has 3 rings (SSSR count). The summed E-state index contributed by atoms with van der Waals surface area (Å²) in [5.74, 6) is -0.769. The van der Waals surface area contributed by atoms with Crippen LogP contribution in [0.4, 0.5) is 4.39 Å². The smallest absolute Gasteiger partial charge is 0.261 e. The predicted molar refractivity (Wildman–Crippen MR) is 96.3 cm³/mol. The molecular formula is C20H19FN2O4. The molecule has 0 atom stereocenters. The van der Waals surface area contributed by atoms with Gasteiger partial charge in [-0.05, 0) is 55.3 Å². The Morgan fingerprint density at radius 1 is 1.04 bits per heavy atom. The van der Waals surface area contributed by atoms with Crippen molar-refractivity contribution in [3.05, 3.63) is 65.0 Å². The predicted octanol–water partition coefficient (Wildman–Crippen LogP) is 2.64. The second-order valence-corrected chi connectivity index (χ2v) is 6.20. The molecule has 2 aromatic carbocycles. The van der Waals surface area contributed by atoms with Crippen molar-refractivity contribution in [3.63, 3.8) is 0 Å². The van der Waals surface area contributed by atoms with E-state index >= 15 is 0 Å². The van der Waals surface area contributed by atoms with Gasteiger partial charge in [-0.1, -0.05) is 0 Å². The van der Waals surface area contributed by atoms with E-state index in [9.17, 15) is 18.8 Å². The molecule has 0 aliphatic carbocycles. The van der Waals surface area contributed by atoms with Crippen LogP contribution in [-0.4, -0.2) is 42.8 Å². The number of imide groups is 1. The lowest BCUT2D eigenvalue weighted by Crippen LogP contribution is -2.25. The van der Waals surface area contributed by atoms with Crippen molar-refractivity contribution < 1.29 is 23.5 Å². The first-order chi connectivity index (χ1) is 13.0. The zero-order valence-electron chi connectivity index (χ0n) is 14.8. The largest absolute Gasteiger partial charge is 0.494 e. The highest BCUT2D eigenvalue weighted by atomic mass is 19.1. The van der Waals surface area contributed by atoms with E-state index in [0.29, 0.717) is 36.4 Å². The summed E-state index contributed by atoms with van der Waals surface area (Å²) in [7, 11) is 1.42. The Labute approximate surface area is 155 Å². The van der Waals surface area contributed by atoms with Gasteiger partial charge in [0, 0.05) is 19.2 Å². The lowest BCUT2D eigenvalue weighted by molar-refractivity contribution is 0.0693. The van der Waals surface area contributed by atoms with Crippen LogP contribution in [0.2, 0.25) is 0 Å². The van der Waals surface area contributed by atoms with Crippen LogP contribution in [0.25, 0.3) is 0 Å². The zero-order chi connectivity index (χ0) is 19.4. The number of ether oxygens (including phenoxy) is 1. The Hall–Kier alpha value is -3.22. The number of carbonyl (C=O) groups is 3. The third kappa shape index (κ3) is 4.13. The average Bonchev–Trinajstić information content (AvgIpc) is 2.89. The summed E-state index contributed by atoms with van der Waals surface area (Å²) in [4.78, 5) is 37.1. The van der Waals surface area contributed by atoms with Gasteiger partial charge in [0.25, 0.3) is 17.7 Å². The number of nitrogens with one attached hydrogen (secondary N) is 1. The Morgan fingerprint density at radius 3 is 2.48 bits per heavy atom. The van der Waals surface area contributed by atoms with Crippen molar-refractivity contribution in [1.29, 1.82) is 0 Å². The maximum absolute atomic E-state index is 12.8. The van der Waals surface area contributed by atoms with E-state index in [1.54, 1.807) is 12.1 Å². The van der Waals surface area contributed by atoms with Crippen LogP contribution in [0.3, 0.4) is 0 Å². The SMILES string of the molecule is CN1C(=O)c2ccc(C(=O)NCCCCOc3ccc(F)cc3)cc2C1=O. The Balaban J connectivity index is 1.43. The molecule has 0 saturated carbocycles. The number of unbranched alkanes of at least 4 members (excludes halogenated alkanes) is 1. The third-order valence-corrected chi connectivity index (χ3v) is 4.29. The highest BCUT2D eigenvalue weighted by Gasteiger charge is 2.33. The number of rotatable bonds is 7. The monoisotopic (exact) mass is 370 g/mol. The number of benzene rings is 2. The normalized spacial score (nSPS) is 12.9. The van der Waals surface area contributed by atoms with Gasteiger partial charge in [0.05, 0.1) is 17.7 Å². The van der Waals surface area contributed by atoms with Crippen LogP contribution in [-0.2, 0) is 0 Å². The van der Waals surface area contributed by atoms with E-state index in [0.717, 1.165) is 11.3 Å². The molecule has 0 bridgehead atoms. The molecule has 0 spiro atoms. The van der Waals surface area contributed by atoms with Crippen LogP contribution in [0, 0.1) is 5.82 Å². The number of carbonyl (C=O) groups excluding carboxylic acids is 3. The Morgan fingerprint density at radius 2 is 1.74 bits per heavy atom. The van der Waals surface area contributed by atoms with E-state index in [1.165, 1.54) is 37.4 Å². The van der Waals surface area contributed by atoms with Gasteiger partial charge in [-0.25, -0.2) is 4.39 Å². The molecular weight excluding hydrogens is 351 g/mol. The highest BCUT2D eigenvalue weighted by Crippen LogP contribution is 2.22. The van der Waals surface area contributed by atoms with Gasteiger partial charge in [0.2, 0.25) is 0 Å². The molecule has 27 heavy (non-hydrogen) atoms. The maximum Gasteiger partial charge on any atom is 0.261 e. The van der Waals surface area contributed by atoms with Crippen molar-refractivity contribution in [1.82, 2.24) is 10.2 Å². The first-order valence-electron chi connectivity index (χ1n) is 8.60. The fourth-order valence-electron chi connectivity index (χ4n) is 2.75. The Bertz CT molecular complexity index is 880. The summed E-state index contributed by atoms with van der Waals surface area (Å²) in [5, 5.41) is 2.78. The topological polar surface area (TPSA) is 75.7 Å². The third-order valence-electron chi connectivity index (χ3n) is 4.29. The molecule has 2 aromatic rings. The second kappa shape index (κ2) is 7.99. The molecule has 0 aromatic heterocycles. The summed E-state index contributed by atoms with van der Waals surface area (Å²) >= 11 is 0. The number of fused-ring (bicyclic) bond motifs is 1. The number of hydrogen-bond acceptors (Lipinski definition) is 4. The van der Waals surface area contributed by atoms with Crippen molar-refractivity contribution in [2.75, 3.05) is 20.2 Å². The van der Waals surface area contributed by atoms with Crippen LogP contribution in [0.15, 0.2) is 42.5 Å². The molecule has 1 N–H and O–H groups in total. The van der Waals surface area contributed by atoms with Crippen LogP contribution < -0.4 is 10.1 Å². The van der Waals surface area contributed by atoms with Gasteiger partial charge in [0.1, 0.15) is 11.6 Å². The summed E-state index contributed by atoms with van der Waals surface area (Å²) in [6, 6.07) is 10.3. The van der Waals surface area contributed by atoms with Crippen molar-refractivity contribution >= 4 is 17.7 Å². The first-order valence-corrected chi connectivity index (χ1v) is 8.60. The van der Waals surface area contributed by atoms with Crippen LogP contribution in [0.5, 0.6) is 5.75 Å². The summed E-state index contributed by atoms with van der Waals surface area (Å²) in [5.41, 5.74) is 0.910. The highest BCUT2D eigenvalue weighted by molar-refractivity contribution is 6.21. The van der Waals surface area contributed by atoms with Crippen molar-refractivity contribution in [2.24, 2.45) is 0 Å². The second-order valence-electron chi connectivity index (χ2n) is 6.20. The van der Waals surface area contributed by atoms with Gasteiger partial charge < -0.3 is 10.1 Å². The molecule has 0 radical (unpaired) electrons. The lowest BCUT2D eigenvalue weighted by atomic mass is 10.1. The molecule has 7 heteroatoms. The summed E-state index contributed by atoms with van der Waals surface area (Å²) in [6.07, 6.45) is 1.43. The summed E-state index contributed by atoms with van der Waals surface area (Å²) in [6.45, 7) is 0.915. The minimum Gasteiger partial charge on any atom is -0.494 e. The quantitative estimate of drug-likeness (QED) is 0.601. The van der Waals surface area contributed by atoms with Gasteiger partial charge in [-0.3, -0.25) is 19.3 Å². The van der Waals surface area contributed by atoms with E-state index in [-0.39, 0.29) is 23.2 Å². The first kappa shape index (κ1) is 18.6. The van der Waals surface area contributed by atoms with E-state index in [4.69, 9.17) is 4.74 Å². The molecule has 1 aliphatic rings. The fourth-order valence-corrected chi connectivity index (χ4v) is 2.75. The molecule has 0 fully saturated rings. The van der Waals surface area contributed by atoms with Crippen molar-refractivity contribution in [3.8, 4) is 5.75 Å². The molecule has 1 aliphatic heterocycles. The zero-order valence-corrected chi connectivity index (χ0v) is 14.8. The average molecular weight is 370 g/mol. The van der Waals surface area contributed by atoms with Gasteiger partial charge >= 0.3 is 0 Å². The molecule has 140 valence electrons. The fraction of sp³-hybridized carbons (Fsp3) is 0.250. The molecule has 1 heterocycles. The van der Waals surface area contributed by atoms with Crippen molar-refractivity contribution in [2.45, 2.75) is 12.8 Å². The number of hydrogen-bond donors (Lipinski definition) is 1. The van der Waals surface area contributed by atoms with Crippen LogP contribution >= 0.6 is 0 Å². The minimum atomic E-state index is -0.400. The number of halogens is 1. The lowest BCUT2D eigenvalue weighted by Gasteiger charge is -2.08. The van der Waals surface area contributed by atoms with Gasteiger partial charge in [0.15, 0.2) is 0 Å². The molecule has 0 saturated heterocycles. The standard InChI is InChI=1S/C20H19FN2O4/c1-23-19(25)16-9-4-13(12-17(16)20(23)26)18(24)22-10-2-3-11-27-15-7-5-14(21)6-8-15/h4-9,12H,2-3,10-11H2,1H3,(H,22,24). The van der Waals surface area contributed by atoms with Crippen LogP contribution in [0.1, 0.15) is 43.9 Å². The number of amides is 3. The Kier molecular flexibility index (Phi) is 5.49.